The molecule has 0 bridgehead atoms. The minimum Gasteiger partial charge on any atom is -0.496 e. The first kappa shape index (κ1) is 27.5. The van der Waals surface area contributed by atoms with Crippen LogP contribution in [0.5, 0.6) is 17.2 Å². The molecule has 0 atom stereocenters. The van der Waals surface area contributed by atoms with Gasteiger partial charge in [-0.25, -0.2) is 4.79 Å². The van der Waals surface area contributed by atoms with Gasteiger partial charge in [0.1, 0.15) is 10.1 Å². The largest absolute Gasteiger partial charge is 0.496 e. The van der Waals surface area contributed by atoms with E-state index in [0.717, 1.165) is 28.9 Å². The van der Waals surface area contributed by atoms with E-state index >= 15 is 0 Å². The number of allylic oxidation sites excluding steroid dienone is 1. The molecule has 1 heterocycles. The van der Waals surface area contributed by atoms with Crippen molar-refractivity contribution < 1.29 is 28.9 Å². The van der Waals surface area contributed by atoms with Crippen LogP contribution in [0.15, 0.2) is 65.6 Å². The number of carboxylic acids is 1. The highest BCUT2D eigenvalue weighted by molar-refractivity contribution is 8.26. The van der Waals surface area contributed by atoms with Crippen LogP contribution < -0.4 is 14.2 Å². The molecule has 1 aliphatic heterocycles. The lowest BCUT2D eigenvalue weighted by molar-refractivity contribution is -0.122. The lowest BCUT2D eigenvalue weighted by Gasteiger charge is -2.15. The number of carbonyl (C=O) groups is 2. The molecule has 1 N–H and O–H groups in total. The molecule has 40 heavy (non-hydrogen) atoms. The van der Waals surface area contributed by atoms with E-state index in [1.807, 2.05) is 24.3 Å². The molecule has 5 rings (SSSR count). The summed E-state index contributed by atoms with van der Waals surface area (Å²) in [6.45, 7) is 0.699. The van der Waals surface area contributed by atoms with Gasteiger partial charge in [-0.05, 0) is 77.6 Å². The predicted molar refractivity (Wildman–Crippen MR) is 161 cm³/mol. The molecule has 7 nitrogen and oxygen atoms in total. The summed E-state index contributed by atoms with van der Waals surface area (Å²) in [5.74, 6) is 0.356. The SMILES string of the molecule is COc1cc(C(=O)O)ccc1OCCCN1C(=O)/C(=C/c2ccc(OC)c(-c3ccc4c(c3)C=CC4)c2)SC1=S. The summed E-state index contributed by atoms with van der Waals surface area (Å²) >= 11 is 6.79. The molecule has 2 aliphatic rings. The van der Waals surface area contributed by atoms with Crippen molar-refractivity contribution in [2.75, 3.05) is 27.4 Å². The van der Waals surface area contributed by atoms with E-state index in [0.29, 0.717) is 40.3 Å². The van der Waals surface area contributed by atoms with Crippen LogP contribution in [-0.2, 0) is 11.2 Å². The zero-order valence-corrected chi connectivity index (χ0v) is 23.6. The quantitative estimate of drug-likeness (QED) is 0.172. The van der Waals surface area contributed by atoms with Crippen molar-refractivity contribution in [3.63, 3.8) is 0 Å². The van der Waals surface area contributed by atoms with Gasteiger partial charge in [-0.1, -0.05) is 54.3 Å². The monoisotopic (exact) mass is 573 g/mol. The van der Waals surface area contributed by atoms with Gasteiger partial charge in [0.2, 0.25) is 0 Å². The maximum atomic E-state index is 13.2. The van der Waals surface area contributed by atoms with E-state index in [4.69, 9.17) is 31.5 Å². The molecule has 1 fully saturated rings. The number of carbonyl (C=O) groups excluding carboxylic acids is 1. The van der Waals surface area contributed by atoms with Crippen LogP contribution in [0.3, 0.4) is 0 Å². The second-order valence-corrected chi connectivity index (χ2v) is 10.9. The van der Waals surface area contributed by atoms with E-state index in [1.165, 1.54) is 42.1 Å². The minimum absolute atomic E-state index is 0.113. The number of thioether (sulfide) groups is 1. The molecule has 9 heteroatoms. The number of aromatic carboxylic acids is 1. The number of rotatable bonds is 10. The number of hydrogen-bond donors (Lipinski definition) is 1. The molecule has 1 saturated heterocycles. The Kier molecular flexibility index (Phi) is 8.23. The zero-order valence-electron chi connectivity index (χ0n) is 22.0. The molecule has 0 saturated carbocycles. The smallest absolute Gasteiger partial charge is 0.335 e. The highest BCUT2D eigenvalue weighted by Crippen LogP contribution is 2.37. The summed E-state index contributed by atoms with van der Waals surface area (Å²) in [7, 11) is 3.11. The Bertz CT molecular complexity index is 1560. The van der Waals surface area contributed by atoms with Crippen molar-refractivity contribution in [2.24, 2.45) is 0 Å². The Morgan fingerprint density at radius 2 is 1.85 bits per heavy atom. The first-order valence-corrected chi connectivity index (χ1v) is 13.9. The van der Waals surface area contributed by atoms with Crippen LogP contribution in [0.1, 0.15) is 33.5 Å². The van der Waals surface area contributed by atoms with Gasteiger partial charge in [-0.3, -0.25) is 9.69 Å². The fourth-order valence-corrected chi connectivity index (χ4v) is 5.93. The molecule has 1 amide bonds. The van der Waals surface area contributed by atoms with Gasteiger partial charge in [-0.2, -0.15) is 0 Å². The van der Waals surface area contributed by atoms with Gasteiger partial charge in [0, 0.05) is 12.1 Å². The Hall–Kier alpha value is -4.08. The van der Waals surface area contributed by atoms with Crippen LogP contribution in [0, 0.1) is 0 Å². The van der Waals surface area contributed by atoms with Crippen molar-refractivity contribution in [1.29, 1.82) is 0 Å². The standard InChI is InChI=1S/C31H27NO6S2/c1-36-25-11-7-19(15-24(25)22-9-8-20-5-3-6-21(20)17-22)16-28-29(33)32(31(39)40-28)13-4-14-38-26-12-10-23(30(34)35)18-27(26)37-2/h3,6-12,15-18H,4-5,13-14H2,1-2H3,(H,34,35)/b28-16-. The Morgan fingerprint density at radius 1 is 1.05 bits per heavy atom. The highest BCUT2D eigenvalue weighted by Gasteiger charge is 2.31. The number of amides is 1. The Labute approximate surface area is 242 Å². The van der Waals surface area contributed by atoms with Gasteiger partial charge < -0.3 is 19.3 Å². The van der Waals surface area contributed by atoms with Crippen molar-refractivity contribution in [2.45, 2.75) is 12.8 Å². The van der Waals surface area contributed by atoms with Gasteiger partial charge in [0.25, 0.3) is 5.91 Å². The van der Waals surface area contributed by atoms with E-state index in [2.05, 4.69) is 30.4 Å². The van der Waals surface area contributed by atoms with Crippen LogP contribution in [0.4, 0.5) is 0 Å². The summed E-state index contributed by atoms with van der Waals surface area (Å²) in [5, 5.41) is 9.15. The van der Waals surface area contributed by atoms with Gasteiger partial charge in [-0.15, -0.1) is 0 Å². The van der Waals surface area contributed by atoms with Crippen LogP contribution in [-0.4, -0.2) is 53.6 Å². The molecule has 0 spiro atoms. The molecule has 0 unspecified atom stereocenters. The summed E-state index contributed by atoms with van der Waals surface area (Å²) < 4.78 is 17.2. The lowest BCUT2D eigenvalue weighted by Crippen LogP contribution is -2.29. The Morgan fingerprint density at radius 3 is 2.62 bits per heavy atom. The van der Waals surface area contributed by atoms with Gasteiger partial charge >= 0.3 is 5.97 Å². The molecule has 3 aromatic rings. The summed E-state index contributed by atoms with van der Waals surface area (Å²) in [6, 6.07) is 16.7. The third-order valence-electron chi connectivity index (χ3n) is 6.68. The van der Waals surface area contributed by atoms with Crippen molar-refractivity contribution >= 4 is 52.3 Å². The maximum Gasteiger partial charge on any atom is 0.335 e. The van der Waals surface area contributed by atoms with E-state index < -0.39 is 5.97 Å². The molecule has 1 aliphatic carbocycles. The number of thiocarbonyl (C=S) groups is 1. The maximum absolute atomic E-state index is 13.2. The molecule has 0 radical (unpaired) electrons. The fourth-order valence-electron chi connectivity index (χ4n) is 4.63. The number of fused-ring (bicyclic) bond motifs is 1. The third-order valence-corrected chi connectivity index (χ3v) is 8.06. The first-order valence-electron chi connectivity index (χ1n) is 12.7. The Balaban J connectivity index is 1.25. The van der Waals surface area contributed by atoms with Crippen LogP contribution in [0.2, 0.25) is 0 Å². The van der Waals surface area contributed by atoms with Gasteiger partial charge in [0.05, 0.1) is 31.3 Å². The first-order chi connectivity index (χ1) is 19.4. The summed E-state index contributed by atoms with van der Waals surface area (Å²) in [5.41, 5.74) is 5.53. The number of methoxy groups -OCH3 is 2. The average Bonchev–Trinajstić information content (AvgIpc) is 3.54. The van der Waals surface area contributed by atoms with Crippen LogP contribution in [0.25, 0.3) is 23.3 Å². The van der Waals surface area contributed by atoms with E-state index in [-0.39, 0.29) is 11.5 Å². The zero-order chi connectivity index (χ0) is 28.2. The number of hydrogen-bond acceptors (Lipinski definition) is 7. The van der Waals surface area contributed by atoms with Crippen molar-refractivity contribution in [3.8, 4) is 28.4 Å². The molecule has 0 aromatic heterocycles. The minimum atomic E-state index is -1.04. The molecule has 3 aromatic carbocycles. The number of carboxylic acid groups (broad SMARTS) is 1. The number of ether oxygens (including phenoxy) is 3. The van der Waals surface area contributed by atoms with Gasteiger partial charge in [0.15, 0.2) is 11.5 Å². The molecular formula is C31H27NO6S2. The predicted octanol–water partition coefficient (Wildman–Crippen LogP) is 6.31. The number of benzene rings is 3. The van der Waals surface area contributed by atoms with E-state index in [1.54, 1.807) is 18.1 Å². The van der Waals surface area contributed by atoms with E-state index in [9.17, 15) is 9.59 Å². The number of nitrogens with zero attached hydrogens (tertiary/aromatic N) is 1. The van der Waals surface area contributed by atoms with Crippen LogP contribution >= 0.6 is 24.0 Å². The molecule has 204 valence electrons. The lowest BCUT2D eigenvalue weighted by atomic mass is 9.98. The molecular weight excluding hydrogens is 546 g/mol. The topological polar surface area (TPSA) is 85.3 Å². The fraction of sp³-hybridized carbons (Fsp3) is 0.194. The van der Waals surface area contributed by atoms with Crippen molar-refractivity contribution in [1.82, 2.24) is 4.90 Å². The summed E-state index contributed by atoms with van der Waals surface area (Å²) in [4.78, 5) is 26.5. The summed E-state index contributed by atoms with van der Waals surface area (Å²) in [6.07, 6.45) is 7.64. The average molecular weight is 574 g/mol. The third kappa shape index (κ3) is 5.76. The second-order valence-electron chi connectivity index (χ2n) is 9.19. The van der Waals surface area contributed by atoms with Crippen molar-refractivity contribution in [3.05, 3.63) is 87.8 Å². The highest BCUT2D eigenvalue weighted by atomic mass is 32.2. The normalized spacial score (nSPS) is 15.1. The second kappa shape index (κ2) is 12.0.